The number of nitrogens with two attached hydrogens (primary N) is 1. The Bertz CT molecular complexity index is 481. The Balaban J connectivity index is 2.98. The summed E-state index contributed by atoms with van der Waals surface area (Å²) in [6, 6.07) is 3.70. The molecular formula is C12H16N4O2. The number of aromatic nitrogens is 1. The van der Waals surface area contributed by atoms with Crippen LogP contribution in [0.5, 0.6) is 0 Å². The maximum Gasteiger partial charge on any atom is 0.340 e. The van der Waals surface area contributed by atoms with Crippen molar-refractivity contribution in [2.24, 2.45) is 5.92 Å². The SMILES string of the molecule is COC(=O)c1cc(N(C)CC(C)C#N)ncc1N. The topological polar surface area (TPSA) is 92.2 Å². The number of nitrogen functional groups attached to an aromatic ring is 1. The standard InChI is InChI=1S/C12H16N4O2/c1-8(5-13)7-16(2)11-4-9(12(17)18-3)10(14)6-15-11/h4,6,8H,7,14H2,1-3H3. The monoisotopic (exact) mass is 248 g/mol. The third-order valence-corrected chi connectivity index (χ3v) is 2.48. The highest BCUT2D eigenvalue weighted by Crippen LogP contribution is 2.18. The van der Waals surface area contributed by atoms with Gasteiger partial charge in [0.25, 0.3) is 0 Å². The number of hydrogen-bond donors (Lipinski definition) is 1. The van der Waals surface area contributed by atoms with E-state index in [9.17, 15) is 4.79 Å². The number of nitriles is 1. The van der Waals surface area contributed by atoms with Crippen LogP contribution in [0.15, 0.2) is 12.3 Å². The van der Waals surface area contributed by atoms with Crippen LogP contribution in [0.1, 0.15) is 17.3 Å². The summed E-state index contributed by atoms with van der Waals surface area (Å²) in [5.74, 6) is -0.0551. The Morgan fingerprint density at radius 3 is 2.94 bits per heavy atom. The van der Waals surface area contributed by atoms with E-state index in [1.165, 1.54) is 13.3 Å². The number of ether oxygens (including phenoxy) is 1. The number of rotatable bonds is 4. The highest BCUT2D eigenvalue weighted by molar-refractivity contribution is 5.95. The van der Waals surface area contributed by atoms with Gasteiger partial charge in [-0.15, -0.1) is 0 Å². The van der Waals surface area contributed by atoms with E-state index in [-0.39, 0.29) is 17.2 Å². The van der Waals surface area contributed by atoms with Gasteiger partial charge in [-0.3, -0.25) is 0 Å². The molecule has 0 bridgehead atoms. The fourth-order valence-corrected chi connectivity index (χ4v) is 1.50. The molecule has 6 nitrogen and oxygen atoms in total. The quantitative estimate of drug-likeness (QED) is 0.800. The van der Waals surface area contributed by atoms with Gasteiger partial charge in [-0.2, -0.15) is 5.26 Å². The molecule has 0 saturated heterocycles. The van der Waals surface area contributed by atoms with E-state index in [2.05, 4.69) is 15.8 Å². The van der Waals surface area contributed by atoms with Crippen molar-refractivity contribution in [3.05, 3.63) is 17.8 Å². The molecule has 6 heteroatoms. The van der Waals surface area contributed by atoms with Crippen molar-refractivity contribution in [2.45, 2.75) is 6.92 Å². The summed E-state index contributed by atoms with van der Waals surface area (Å²) in [4.78, 5) is 17.4. The van der Waals surface area contributed by atoms with Gasteiger partial charge in [0.15, 0.2) is 0 Å². The molecule has 0 saturated carbocycles. The lowest BCUT2D eigenvalue weighted by molar-refractivity contribution is 0.0602. The molecule has 0 aliphatic rings. The average molecular weight is 248 g/mol. The van der Waals surface area contributed by atoms with E-state index in [1.54, 1.807) is 18.0 Å². The Labute approximate surface area is 106 Å². The first-order valence-corrected chi connectivity index (χ1v) is 5.44. The summed E-state index contributed by atoms with van der Waals surface area (Å²) >= 11 is 0. The van der Waals surface area contributed by atoms with Gasteiger partial charge in [0, 0.05) is 13.6 Å². The molecule has 1 atom stereocenters. The Morgan fingerprint density at radius 2 is 2.39 bits per heavy atom. The minimum atomic E-state index is -0.502. The van der Waals surface area contributed by atoms with Crippen molar-refractivity contribution in [1.29, 1.82) is 5.26 Å². The van der Waals surface area contributed by atoms with Crippen LogP contribution < -0.4 is 10.6 Å². The number of hydrogen-bond acceptors (Lipinski definition) is 6. The van der Waals surface area contributed by atoms with Crippen LogP contribution in [0.2, 0.25) is 0 Å². The van der Waals surface area contributed by atoms with Gasteiger partial charge >= 0.3 is 5.97 Å². The summed E-state index contributed by atoms with van der Waals surface area (Å²) < 4.78 is 4.64. The number of carbonyl (C=O) groups is 1. The first-order valence-electron chi connectivity index (χ1n) is 5.44. The van der Waals surface area contributed by atoms with Crippen molar-refractivity contribution in [3.63, 3.8) is 0 Å². The van der Waals surface area contributed by atoms with Crippen molar-refractivity contribution in [3.8, 4) is 6.07 Å². The zero-order valence-electron chi connectivity index (χ0n) is 10.7. The summed E-state index contributed by atoms with van der Waals surface area (Å²) in [7, 11) is 3.09. The van der Waals surface area contributed by atoms with Crippen molar-refractivity contribution >= 4 is 17.5 Å². The van der Waals surface area contributed by atoms with E-state index < -0.39 is 5.97 Å². The van der Waals surface area contributed by atoms with Gasteiger partial charge in [-0.1, -0.05) is 0 Å². The van der Waals surface area contributed by atoms with E-state index in [0.29, 0.717) is 12.4 Å². The molecule has 18 heavy (non-hydrogen) atoms. The van der Waals surface area contributed by atoms with Gasteiger partial charge < -0.3 is 15.4 Å². The number of anilines is 2. The lowest BCUT2D eigenvalue weighted by atomic mass is 10.2. The number of esters is 1. The van der Waals surface area contributed by atoms with Crippen LogP contribution in [0, 0.1) is 17.2 Å². The zero-order chi connectivity index (χ0) is 13.7. The second-order valence-electron chi connectivity index (χ2n) is 4.03. The largest absolute Gasteiger partial charge is 0.465 e. The lowest BCUT2D eigenvalue weighted by Crippen LogP contribution is -2.24. The van der Waals surface area contributed by atoms with Gasteiger partial charge in [0.2, 0.25) is 0 Å². The third-order valence-electron chi connectivity index (χ3n) is 2.48. The van der Waals surface area contributed by atoms with Crippen molar-refractivity contribution in [2.75, 3.05) is 31.3 Å². The number of methoxy groups -OCH3 is 1. The smallest absolute Gasteiger partial charge is 0.340 e. The number of nitrogens with zero attached hydrogens (tertiary/aromatic N) is 3. The maximum atomic E-state index is 11.5. The lowest BCUT2D eigenvalue weighted by Gasteiger charge is -2.20. The Hall–Kier alpha value is -2.29. The summed E-state index contributed by atoms with van der Waals surface area (Å²) in [6.45, 7) is 2.34. The molecule has 1 aromatic heterocycles. The molecule has 0 amide bonds. The van der Waals surface area contributed by atoms with Crippen LogP contribution in [0.25, 0.3) is 0 Å². The highest BCUT2D eigenvalue weighted by Gasteiger charge is 2.14. The van der Waals surface area contributed by atoms with Crippen molar-refractivity contribution in [1.82, 2.24) is 4.98 Å². The summed E-state index contributed by atoms with van der Waals surface area (Å²) in [5, 5.41) is 8.76. The fraction of sp³-hybridized carbons (Fsp3) is 0.417. The minimum absolute atomic E-state index is 0.129. The normalized spacial score (nSPS) is 11.4. The van der Waals surface area contributed by atoms with Gasteiger partial charge in [-0.25, -0.2) is 9.78 Å². The first-order chi connectivity index (χ1) is 8.49. The first kappa shape index (κ1) is 13.8. The molecule has 1 heterocycles. The van der Waals surface area contributed by atoms with Crippen LogP contribution in [0.3, 0.4) is 0 Å². The molecular weight excluding hydrogens is 232 g/mol. The van der Waals surface area contributed by atoms with E-state index in [4.69, 9.17) is 11.0 Å². The molecule has 2 N–H and O–H groups in total. The zero-order valence-corrected chi connectivity index (χ0v) is 10.7. The van der Waals surface area contributed by atoms with E-state index in [1.807, 2.05) is 6.92 Å². The van der Waals surface area contributed by atoms with Gasteiger partial charge in [0.1, 0.15) is 5.82 Å². The molecule has 1 aromatic rings. The minimum Gasteiger partial charge on any atom is -0.465 e. The Kier molecular flexibility index (Phi) is 4.49. The molecule has 0 aliphatic carbocycles. The summed E-state index contributed by atoms with van der Waals surface area (Å²) in [6.07, 6.45) is 1.41. The molecule has 1 rings (SSSR count). The Morgan fingerprint density at radius 1 is 1.72 bits per heavy atom. The molecule has 0 fully saturated rings. The maximum absolute atomic E-state index is 11.5. The number of pyridine rings is 1. The molecule has 0 spiro atoms. The van der Waals surface area contributed by atoms with Crippen molar-refractivity contribution < 1.29 is 9.53 Å². The third kappa shape index (κ3) is 3.10. The van der Waals surface area contributed by atoms with Crippen LogP contribution in [-0.2, 0) is 4.74 Å². The van der Waals surface area contributed by atoms with Gasteiger partial charge in [0.05, 0.1) is 36.5 Å². The summed E-state index contributed by atoms with van der Waals surface area (Å²) in [5.41, 5.74) is 6.21. The average Bonchev–Trinajstić information content (AvgIpc) is 2.38. The second kappa shape index (κ2) is 5.87. The van der Waals surface area contributed by atoms with Crippen LogP contribution in [-0.4, -0.2) is 31.7 Å². The molecule has 0 radical (unpaired) electrons. The molecule has 1 unspecified atom stereocenters. The predicted molar refractivity (Wildman–Crippen MR) is 68.0 cm³/mol. The van der Waals surface area contributed by atoms with Crippen LogP contribution >= 0.6 is 0 Å². The van der Waals surface area contributed by atoms with E-state index in [0.717, 1.165) is 0 Å². The highest BCUT2D eigenvalue weighted by atomic mass is 16.5. The molecule has 0 aromatic carbocycles. The van der Waals surface area contributed by atoms with Gasteiger partial charge in [-0.05, 0) is 13.0 Å². The second-order valence-corrected chi connectivity index (χ2v) is 4.03. The number of carbonyl (C=O) groups excluding carboxylic acids is 1. The molecule has 96 valence electrons. The van der Waals surface area contributed by atoms with E-state index >= 15 is 0 Å². The van der Waals surface area contributed by atoms with Crippen LogP contribution in [0.4, 0.5) is 11.5 Å². The fourth-order valence-electron chi connectivity index (χ4n) is 1.50. The predicted octanol–water partition coefficient (Wildman–Crippen LogP) is 1.05. The molecule has 0 aliphatic heterocycles.